The molecule has 0 N–H and O–H groups in total. The van der Waals surface area contributed by atoms with Gasteiger partial charge in [-0.3, -0.25) is 0 Å². The van der Waals surface area contributed by atoms with E-state index in [1.165, 1.54) is 0 Å². The molecule has 36 heavy (non-hydrogen) atoms. The van der Waals surface area contributed by atoms with Crippen LogP contribution in [0.1, 0.15) is 33.4 Å². The summed E-state index contributed by atoms with van der Waals surface area (Å²) >= 11 is 0. The molecule has 6 nitrogen and oxygen atoms in total. The van der Waals surface area contributed by atoms with Crippen LogP contribution in [0, 0.1) is 79.6 Å². The number of nitriles is 6. The van der Waals surface area contributed by atoms with Gasteiger partial charge in [-0.25, -0.2) is 8.78 Å². The van der Waals surface area contributed by atoms with E-state index in [0.717, 1.165) is 36.4 Å². The molecular formula is C22H2F8N6. The molecule has 0 aromatic heterocycles. The predicted molar refractivity (Wildman–Crippen MR) is 99.0 cm³/mol. The van der Waals surface area contributed by atoms with Crippen LogP contribution in [0.25, 0.3) is 11.1 Å². The van der Waals surface area contributed by atoms with Crippen LogP contribution in [-0.2, 0) is 12.4 Å². The number of hydrogen-bond acceptors (Lipinski definition) is 6. The second kappa shape index (κ2) is 9.43. The Hall–Kier alpha value is -5.44. The molecule has 0 aliphatic rings. The van der Waals surface area contributed by atoms with Crippen molar-refractivity contribution in [3.8, 4) is 36.4 Å². The van der Waals surface area contributed by atoms with Crippen LogP contribution in [0.15, 0.2) is 12.1 Å². The van der Waals surface area contributed by atoms with E-state index in [9.17, 15) is 42.1 Å². The third-order valence-corrected chi connectivity index (χ3v) is 4.59. The Balaban J connectivity index is 3.42. The molecule has 0 heterocycles. The molecular weight excluding hydrogens is 500 g/mol. The van der Waals surface area contributed by atoms with Gasteiger partial charge in [-0.2, -0.15) is 57.9 Å². The minimum Gasteiger partial charge on any atom is -0.205 e. The van der Waals surface area contributed by atoms with Crippen molar-refractivity contribution >= 4 is 11.1 Å². The third-order valence-electron chi connectivity index (χ3n) is 4.59. The first-order chi connectivity index (χ1) is 16.7. The molecule has 176 valence electrons. The fourth-order valence-electron chi connectivity index (χ4n) is 3.12. The highest BCUT2D eigenvalue weighted by Gasteiger charge is 2.42. The van der Waals surface area contributed by atoms with Gasteiger partial charge in [0.25, 0.3) is 0 Å². The first kappa shape index (κ1) is 26.8. The maximum atomic E-state index is 15.3. The summed E-state index contributed by atoms with van der Waals surface area (Å²) in [6.07, 6.45) is -11.1. The second-order valence-electron chi connectivity index (χ2n) is 6.49. The van der Waals surface area contributed by atoms with Crippen molar-refractivity contribution in [1.82, 2.24) is 0 Å². The van der Waals surface area contributed by atoms with Crippen LogP contribution in [0.4, 0.5) is 35.1 Å². The highest BCUT2D eigenvalue weighted by molar-refractivity contribution is 5.81. The molecule has 2 aromatic carbocycles. The zero-order chi connectivity index (χ0) is 27.6. The Morgan fingerprint density at radius 3 is 1.31 bits per heavy atom. The summed E-state index contributed by atoms with van der Waals surface area (Å²) in [5.41, 5.74) is -13.0. The standard InChI is InChI=1S/C22H2F8N6/c23-19-14(8-36)18(20(24)13(7-35)17(19)10(3-31)4-32)11(5-33)9-1-15(21(25,26)27)12(6-34)16(2-9)22(28,29)30/h1-2H/b18-11-. The van der Waals surface area contributed by atoms with Crippen LogP contribution in [-0.4, -0.2) is 0 Å². The van der Waals surface area contributed by atoms with Gasteiger partial charge in [0.1, 0.15) is 53.1 Å². The number of hydrogen-bond donors (Lipinski definition) is 0. The van der Waals surface area contributed by atoms with Crippen LogP contribution < -0.4 is 10.4 Å². The van der Waals surface area contributed by atoms with Gasteiger partial charge in [-0.05, 0) is 17.7 Å². The van der Waals surface area contributed by atoms with Crippen LogP contribution in [0.5, 0.6) is 0 Å². The van der Waals surface area contributed by atoms with Gasteiger partial charge in [0.2, 0.25) is 0 Å². The maximum Gasteiger partial charge on any atom is 0.417 e. The summed E-state index contributed by atoms with van der Waals surface area (Å²) in [5, 5.41) is 52.2. The van der Waals surface area contributed by atoms with E-state index in [-0.39, 0.29) is 12.1 Å². The Kier molecular flexibility index (Phi) is 7.02. The zero-order valence-corrected chi connectivity index (χ0v) is 16.9. The monoisotopic (exact) mass is 502 g/mol. The number of nitrogens with zero attached hydrogens (tertiary/aromatic N) is 6. The van der Waals surface area contributed by atoms with Gasteiger partial charge < -0.3 is 0 Å². The van der Waals surface area contributed by atoms with Crippen LogP contribution in [0.3, 0.4) is 0 Å². The zero-order valence-electron chi connectivity index (χ0n) is 16.9. The van der Waals surface area contributed by atoms with Gasteiger partial charge in [0.05, 0.1) is 32.7 Å². The van der Waals surface area contributed by atoms with Crippen molar-refractivity contribution in [3.05, 3.63) is 67.6 Å². The van der Waals surface area contributed by atoms with Gasteiger partial charge >= 0.3 is 12.4 Å². The molecule has 0 bridgehead atoms. The first-order valence-corrected chi connectivity index (χ1v) is 8.76. The summed E-state index contributed by atoms with van der Waals surface area (Å²) < 4.78 is 111. The number of rotatable bonds is 1. The van der Waals surface area contributed by atoms with Gasteiger partial charge in [-0.1, -0.05) is 0 Å². The van der Waals surface area contributed by atoms with E-state index in [4.69, 9.17) is 15.8 Å². The average molecular weight is 502 g/mol. The summed E-state index contributed by atoms with van der Waals surface area (Å²) in [5.74, 6) is -3.85. The molecule has 2 aromatic rings. The smallest absolute Gasteiger partial charge is 0.205 e. The van der Waals surface area contributed by atoms with E-state index in [0.29, 0.717) is 0 Å². The Morgan fingerprint density at radius 1 is 0.583 bits per heavy atom. The molecule has 0 aliphatic heterocycles. The van der Waals surface area contributed by atoms with E-state index in [1.54, 1.807) is 0 Å². The summed E-state index contributed by atoms with van der Waals surface area (Å²) in [6.45, 7) is 0. The molecule has 0 radical (unpaired) electrons. The lowest BCUT2D eigenvalue weighted by atomic mass is 9.91. The topological polar surface area (TPSA) is 143 Å². The van der Waals surface area contributed by atoms with E-state index >= 15 is 8.78 Å². The van der Waals surface area contributed by atoms with Crippen molar-refractivity contribution in [3.63, 3.8) is 0 Å². The quantitative estimate of drug-likeness (QED) is 0.546. The maximum absolute atomic E-state index is 15.3. The fraction of sp³-hybridized carbons (Fsp3) is 0.0909. The number of benzene rings is 2. The molecule has 0 fully saturated rings. The van der Waals surface area contributed by atoms with Gasteiger partial charge in [0, 0.05) is 0 Å². The summed E-state index contributed by atoms with van der Waals surface area (Å²) in [4.78, 5) is 0. The van der Waals surface area contributed by atoms with Crippen LogP contribution in [0.2, 0.25) is 0 Å². The molecule has 0 aliphatic carbocycles. The predicted octanol–water partition coefficient (Wildman–Crippen LogP) is 3.54. The van der Waals surface area contributed by atoms with Crippen molar-refractivity contribution < 1.29 is 35.1 Å². The third kappa shape index (κ3) is 4.36. The Morgan fingerprint density at radius 2 is 0.972 bits per heavy atom. The molecule has 0 unspecified atom stereocenters. The molecule has 0 saturated heterocycles. The minimum atomic E-state index is -5.57. The molecule has 2 rings (SSSR count). The molecule has 0 amide bonds. The lowest BCUT2D eigenvalue weighted by molar-refractivity contribution is -0.143. The average Bonchev–Trinajstić information content (AvgIpc) is 2.81. The molecule has 0 saturated carbocycles. The SMILES string of the molecule is N#CC(C#N)=c1c(F)c(C#N)/c(=C(\C#N)c2cc(C(F)(F)F)c(C#N)c(C(F)(F)F)c2)c(F)c1C#N. The van der Waals surface area contributed by atoms with Gasteiger partial charge in [-0.15, -0.1) is 0 Å². The van der Waals surface area contributed by atoms with Crippen molar-refractivity contribution in [1.29, 1.82) is 31.6 Å². The normalized spacial score (nSPS) is 11.6. The minimum absolute atomic E-state index is 0.104. The second-order valence-corrected chi connectivity index (χ2v) is 6.49. The highest BCUT2D eigenvalue weighted by Crippen LogP contribution is 2.40. The Labute approximate surface area is 194 Å². The lowest BCUT2D eigenvalue weighted by Crippen LogP contribution is -2.30. The first-order valence-electron chi connectivity index (χ1n) is 8.76. The largest absolute Gasteiger partial charge is 0.417 e. The van der Waals surface area contributed by atoms with Crippen molar-refractivity contribution in [2.24, 2.45) is 0 Å². The molecule has 0 spiro atoms. The van der Waals surface area contributed by atoms with Crippen molar-refractivity contribution in [2.75, 3.05) is 0 Å². The Bertz CT molecular complexity index is 1640. The van der Waals surface area contributed by atoms with Gasteiger partial charge in [0.15, 0.2) is 11.6 Å². The fourth-order valence-corrected chi connectivity index (χ4v) is 3.12. The van der Waals surface area contributed by atoms with Crippen molar-refractivity contribution in [2.45, 2.75) is 12.4 Å². The van der Waals surface area contributed by atoms with Crippen LogP contribution >= 0.6 is 0 Å². The number of halogens is 8. The number of alkyl halides is 6. The van der Waals surface area contributed by atoms with E-state index in [2.05, 4.69) is 0 Å². The highest BCUT2D eigenvalue weighted by atomic mass is 19.4. The lowest BCUT2D eigenvalue weighted by Gasteiger charge is -2.17. The summed E-state index contributed by atoms with van der Waals surface area (Å²) in [6, 6.07) is 6.13. The van der Waals surface area contributed by atoms with E-state index < -0.39 is 79.0 Å². The molecule has 0 atom stereocenters. The summed E-state index contributed by atoms with van der Waals surface area (Å²) in [7, 11) is 0. The molecule has 14 heteroatoms. The van der Waals surface area contributed by atoms with E-state index in [1.807, 2.05) is 0 Å².